The van der Waals surface area contributed by atoms with Crippen molar-refractivity contribution in [3.8, 4) is 23.0 Å². The number of hydrogen-bond acceptors (Lipinski definition) is 9. The number of phenolic OH excluding ortho intramolecular Hbond substituents is 1. The van der Waals surface area contributed by atoms with Gasteiger partial charge in [-0.05, 0) is 38.1 Å². The van der Waals surface area contributed by atoms with Crippen molar-refractivity contribution in [1.29, 1.82) is 0 Å². The van der Waals surface area contributed by atoms with Crippen LogP contribution < -0.4 is 19.5 Å². The van der Waals surface area contributed by atoms with Crippen molar-refractivity contribution < 1.29 is 33.6 Å². The van der Waals surface area contributed by atoms with Crippen LogP contribution in [-0.4, -0.2) is 44.3 Å². The lowest BCUT2D eigenvalue weighted by molar-refractivity contribution is -0.139. The molecule has 8 nitrogen and oxygen atoms in total. The Morgan fingerprint density at radius 1 is 1.06 bits per heavy atom. The molecule has 3 rings (SSSR count). The Hall–Kier alpha value is -3.59. The number of ether oxygens (including phenoxy) is 4. The van der Waals surface area contributed by atoms with Gasteiger partial charge in [-0.2, -0.15) is 0 Å². The first-order chi connectivity index (χ1) is 15.9. The van der Waals surface area contributed by atoms with Gasteiger partial charge in [-0.15, -0.1) is 0 Å². The normalized spacial score (nSPS) is 14.4. The first kappa shape index (κ1) is 24.1. The van der Waals surface area contributed by atoms with E-state index in [2.05, 4.69) is 5.32 Å². The smallest absolute Gasteiger partial charge is 0.344 e. The van der Waals surface area contributed by atoms with Crippen LogP contribution >= 0.6 is 11.8 Å². The zero-order valence-corrected chi connectivity index (χ0v) is 19.6. The molecule has 0 radical (unpaired) electrons. The largest absolute Gasteiger partial charge is 0.504 e. The molecule has 0 atom stereocenters. The number of ketones is 1. The number of allylic oxidation sites excluding steroid dienone is 1. The summed E-state index contributed by atoms with van der Waals surface area (Å²) in [5.41, 5.74) is 0.878. The minimum Gasteiger partial charge on any atom is -0.504 e. The third-order valence-electron chi connectivity index (χ3n) is 4.63. The van der Waals surface area contributed by atoms with Gasteiger partial charge in [0.25, 0.3) is 0 Å². The number of methoxy groups -OCH3 is 2. The number of Topliss-reactive ketones (excluding diaryl/α,β-unsaturated/α-hetero) is 1. The number of carbonyl (C=O) groups is 2. The molecule has 1 aliphatic rings. The minimum absolute atomic E-state index is 0.0840. The van der Waals surface area contributed by atoms with Crippen LogP contribution in [0, 0.1) is 0 Å². The molecule has 0 amide bonds. The quantitative estimate of drug-likeness (QED) is 0.314. The van der Waals surface area contributed by atoms with Crippen LogP contribution in [-0.2, 0) is 14.3 Å². The molecular formula is C24H25NO7S. The molecule has 9 heteroatoms. The number of para-hydroxylation sites is 1. The van der Waals surface area contributed by atoms with Gasteiger partial charge in [0.05, 0.1) is 37.4 Å². The first-order valence-corrected chi connectivity index (χ1v) is 11.0. The standard InChI is InChI=1S/C24H25NO7S/c1-5-31-17-9-7-8-14(21(17)26)12-19-22(27)20(24(28)32-6-2)23(33-19)25-15-10-11-16(29-3)18(13-15)30-4/h7-13,25-26H,5-6H2,1-4H3/b19-12-. The third-order valence-corrected chi connectivity index (χ3v) is 5.66. The van der Waals surface area contributed by atoms with Gasteiger partial charge in [-0.1, -0.05) is 23.9 Å². The summed E-state index contributed by atoms with van der Waals surface area (Å²) in [5, 5.41) is 13.9. The van der Waals surface area contributed by atoms with E-state index in [1.165, 1.54) is 20.3 Å². The number of rotatable bonds is 9. The Bertz CT molecular complexity index is 1120. The van der Waals surface area contributed by atoms with Crippen molar-refractivity contribution in [2.75, 3.05) is 32.8 Å². The van der Waals surface area contributed by atoms with Crippen LogP contribution in [0.15, 0.2) is 51.9 Å². The summed E-state index contributed by atoms with van der Waals surface area (Å²) in [6.07, 6.45) is 1.52. The van der Waals surface area contributed by atoms with E-state index in [-0.39, 0.29) is 22.8 Å². The summed E-state index contributed by atoms with van der Waals surface area (Å²) in [6, 6.07) is 10.1. The van der Waals surface area contributed by atoms with Gasteiger partial charge < -0.3 is 29.4 Å². The van der Waals surface area contributed by atoms with Crippen LogP contribution in [0.2, 0.25) is 0 Å². The molecule has 0 unspecified atom stereocenters. The second-order valence-corrected chi connectivity index (χ2v) is 7.74. The van der Waals surface area contributed by atoms with Crippen LogP contribution in [0.4, 0.5) is 5.69 Å². The van der Waals surface area contributed by atoms with Crippen molar-refractivity contribution in [3.63, 3.8) is 0 Å². The van der Waals surface area contributed by atoms with Crippen molar-refractivity contribution in [3.05, 3.63) is 57.5 Å². The van der Waals surface area contributed by atoms with Gasteiger partial charge in [-0.3, -0.25) is 4.79 Å². The van der Waals surface area contributed by atoms with E-state index in [9.17, 15) is 14.7 Å². The fraction of sp³-hybridized carbons (Fsp3) is 0.250. The highest BCUT2D eigenvalue weighted by molar-refractivity contribution is 8.08. The molecule has 1 aliphatic heterocycles. The minimum atomic E-state index is -0.728. The van der Waals surface area contributed by atoms with Gasteiger partial charge in [0.15, 0.2) is 23.0 Å². The number of carbonyl (C=O) groups excluding carboxylic acids is 2. The molecule has 0 aromatic heterocycles. The maximum absolute atomic E-state index is 13.1. The lowest BCUT2D eigenvalue weighted by Gasteiger charge is -2.12. The number of aromatic hydroxyl groups is 1. The number of benzene rings is 2. The van der Waals surface area contributed by atoms with Crippen molar-refractivity contribution in [2.24, 2.45) is 0 Å². The second kappa shape index (κ2) is 10.8. The highest BCUT2D eigenvalue weighted by Crippen LogP contribution is 2.42. The number of esters is 1. The van der Waals surface area contributed by atoms with E-state index in [1.54, 1.807) is 43.3 Å². The Morgan fingerprint density at radius 3 is 2.48 bits per heavy atom. The Balaban J connectivity index is 1.98. The van der Waals surface area contributed by atoms with Gasteiger partial charge in [-0.25, -0.2) is 4.79 Å². The molecule has 0 saturated carbocycles. The molecule has 2 N–H and O–H groups in total. The van der Waals surface area contributed by atoms with E-state index in [0.717, 1.165) is 11.8 Å². The zero-order valence-electron chi connectivity index (χ0n) is 18.8. The molecular weight excluding hydrogens is 446 g/mol. The SMILES string of the molecule is CCOC(=O)C1=C(Nc2ccc(OC)c(OC)c2)S/C(=C\c2cccc(OCC)c2O)C1=O. The molecule has 1 heterocycles. The van der Waals surface area contributed by atoms with Crippen LogP contribution in [0.1, 0.15) is 19.4 Å². The van der Waals surface area contributed by atoms with Crippen molar-refractivity contribution >= 4 is 35.3 Å². The number of nitrogens with one attached hydrogen (secondary N) is 1. The summed E-state index contributed by atoms with van der Waals surface area (Å²) in [5.74, 6) is 0.0339. The van der Waals surface area contributed by atoms with Crippen LogP contribution in [0.25, 0.3) is 6.08 Å². The molecule has 0 fully saturated rings. The Kier molecular flexibility index (Phi) is 7.89. The maximum atomic E-state index is 13.1. The molecule has 2 aromatic rings. The van der Waals surface area contributed by atoms with E-state index in [0.29, 0.717) is 40.1 Å². The van der Waals surface area contributed by atoms with Gasteiger partial charge in [0, 0.05) is 17.3 Å². The maximum Gasteiger partial charge on any atom is 0.344 e. The van der Waals surface area contributed by atoms with Gasteiger partial charge in [0.1, 0.15) is 5.57 Å². The predicted octanol–water partition coefficient (Wildman–Crippen LogP) is 4.35. The number of thioether (sulfide) groups is 1. The van der Waals surface area contributed by atoms with Gasteiger partial charge in [0.2, 0.25) is 5.78 Å². The van der Waals surface area contributed by atoms with Crippen molar-refractivity contribution in [1.82, 2.24) is 0 Å². The molecule has 0 saturated heterocycles. The average molecular weight is 472 g/mol. The monoisotopic (exact) mass is 471 g/mol. The molecule has 0 spiro atoms. The molecule has 174 valence electrons. The molecule has 33 heavy (non-hydrogen) atoms. The fourth-order valence-electron chi connectivity index (χ4n) is 3.12. The Morgan fingerprint density at radius 2 is 1.82 bits per heavy atom. The average Bonchev–Trinajstić information content (AvgIpc) is 3.11. The molecule has 0 bridgehead atoms. The third kappa shape index (κ3) is 5.25. The topological polar surface area (TPSA) is 103 Å². The molecule has 0 aliphatic carbocycles. The zero-order chi connectivity index (χ0) is 24.0. The van der Waals surface area contributed by atoms with E-state index >= 15 is 0 Å². The Labute approximate surface area is 196 Å². The summed E-state index contributed by atoms with van der Waals surface area (Å²) in [4.78, 5) is 26.0. The highest BCUT2D eigenvalue weighted by Gasteiger charge is 2.35. The van der Waals surface area contributed by atoms with E-state index < -0.39 is 11.8 Å². The number of hydrogen-bond donors (Lipinski definition) is 2. The number of anilines is 1. The van der Waals surface area contributed by atoms with E-state index in [4.69, 9.17) is 18.9 Å². The predicted molar refractivity (Wildman–Crippen MR) is 127 cm³/mol. The lowest BCUT2D eigenvalue weighted by atomic mass is 10.1. The van der Waals surface area contributed by atoms with Crippen molar-refractivity contribution in [2.45, 2.75) is 13.8 Å². The summed E-state index contributed by atoms with van der Waals surface area (Å²) in [7, 11) is 3.05. The van der Waals surface area contributed by atoms with Gasteiger partial charge >= 0.3 is 5.97 Å². The lowest BCUT2D eigenvalue weighted by Crippen LogP contribution is -2.16. The first-order valence-electron chi connectivity index (χ1n) is 10.2. The molecule has 2 aromatic carbocycles. The number of phenols is 1. The van der Waals surface area contributed by atoms with Crippen LogP contribution in [0.3, 0.4) is 0 Å². The van der Waals surface area contributed by atoms with Crippen LogP contribution in [0.5, 0.6) is 23.0 Å². The second-order valence-electron chi connectivity index (χ2n) is 6.69. The summed E-state index contributed by atoms with van der Waals surface area (Å²) >= 11 is 1.08. The summed E-state index contributed by atoms with van der Waals surface area (Å²) < 4.78 is 21.1. The highest BCUT2D eigenvalue weighted by atomic mass is 32.2. The van der Waals surface area contributed by atoms with E-state index in [1.807, 2.05) is 6.92 Å². The summed E-state index contributed by atoms with van der Waals surface area (Å²) in [6.45, 7) is 3.98. The fourth-order valence-corrected chi connectivity index (χ4v) is 4.17.